The van der Waals surface area contributed by atoms with Gasteiger partial charge < -0.3 is 9.47 Å². The average Bonchev–Trinajstić information content (AvgIpc) is 2.51. The molecule has 2 aromatic carbocycles. The van der Waals surface area contributed by atoms with Gasteiger partial charge in [-0.15, -0.1) is 0 Å². The van der Waals surface area contributed by atoms with Gasteiger partial charge in [-0.3, -0.25) is 0 Å². The highest BCUT2D eigenvalue weighted by molar-refractivity contribution is 9.10. The Morgan fingerprint density at radius 1 is 1.00 bits per heavy atom. The molecule has 0 radical (unpaired) electrons. The van der Waals surface area contributed by atoms with Gasteiger partial charge in [0.2, 0.25) is 0 Å². The molecular formula is C20H22BrNO2. The van der Waals surface area contributed by atoms with E-state index in [-0.39, 0.29) is 5.41 Å². The van der Waals surface area contributed by atoms with E-state index in [1.54, 1.807) is 18.2 Å². The van der Waals surface area contributed by atoms with E-state index in [0.29, 0.717) is 24.5 Å². The van der Waals surface area contributed by atoms with Crippen molar-refractivity contribution in [2.24, 2.45) is 0 Å². The molecule has 0 aromatic heterocycles. The second kappa shape index (κ2) is 7.72. The fourth-order valence-electron chi connectivity index (χ4n) is 2.36. The lowest BCUT2D eigenvalue weighted by Crippen LogP contribution is -2.16. The van der Waals surface area contributed by atoms with Crippen LogP contribution in [-0.2, 0) is 5.41 Å². The highest BCUT2D eigenvalue weighted by Crippen LogP contribution is 2.32. The number of hydrogen-bond acceptors (Lipinski definition) is 3. The topological polar surface area (TPSA) is 42.2 Å². The number of hydrogen-bond donors (Lipinski definition) is 0. The summed E-state index contributed by atoms with van der Waals surface area (Å²) in [5.74, 6) is 1.61. The first-order valence-corrected chi connectivity index (χ1v) is 8.67. The minimum atomic E-state index is 0.0278. The molecule has 3 nitrogen and oxygen atoms in total. The zero-order valence-electron chi connectivity index (χ0n) is 14.5. The molecule has 0 unspecified atom stereocenters. The fraction of sp³-hybridized carbons (Fsp3) is 0.350. The third-order valence-corrected chi connectivity index (χ3v) is 4.22. The lowest BCUT2D eigenvalue weighted by atomic mass is 9.86. The van der Waals surface area contributed by atoms with Crippen molar-refractivity contribution in [3.05, 3.63) is 57.6 Å². The summed E-state index contributed by atoms with van der Waals surface area (Å²) in [5, 5.41) is 8.88. The van der Waals surface area contributed by atoms with Gasteiger partial charge in [0.05, 0.1) is 16.1 Å². The minimum absolute atomic E-state index is 0.0278. The Bertz CT molecular complexity index is 757. The fourth-order valence-corrected chi connectivity index (χ4v) is 2.85. The Balaban J connectivity index is 1.98. The maximum atomic E-state index is 8.88. The van der Waals surface area contributed by atoms with Crippen LogP contribution in [0.3, 0.4) is 0 Å². The van der Waals surface area contributed by atoms with Crippen LogP contribution in [0, 0.1) is 18.3 Å². The van der Waals surface area contributed by atoms with Crippen molar-refractivity contribution in [1.29, 1.82) is 5.26 Å². The number of aryl methyl sites for hydroxylation is 1. The summed E-state index contributed by atoms with van der Waals surface area (Å²) < 4.78 is 12.5. The van der Waals surface area contributed by atoms with Crippen LogP contribution in [-0.4, -0.2) is 13.2 Å². The van der Waals surface area contributed by atoms with Crippen LogP contribution in [0.15, 0.2) is 40.9 Å². The molecule has 0 N–H and O–H groups in total. The van der Waals surface area contributed by atoms with Crippen molar-refractivity contribution in [2.45, 2.75) is 33.1 Å². The third-order valence-electron chi connectivity index (χ3n) is 3.60. The Kier molecular flexibility index (Phi) is 5.90. The number of nitrogens with zero attached hydrogens (tertiary/aromatic N) is 1. The van der Waals surface area contributed by atoms with Crippen LogP contribution in [0.2, 0.25) is 0 Å². The molecule has 2 aromatic rings. The van der Waals surface area contributed by atoms with Crippen molar-refractivity contribution in [3.8, 4) is 17.6 Å². The first-order chi connectivity index (χ1) is 11.3. The number of halogens is 1. The molecule has 0 aliphatic carbocycles. The normalized spacial score (nSPS) is 11.0. The molecule has 0 bridgehead atoms. The molecule has 0 fully saturated rings. The second-order valence-corrected chi connectivity index (χ2v) is 7.56. The summed E-state index contributed by atoms with van der Waals surface area (Å²) in [5.41, 5.74) is 2.99. The van der Waals surface area contributed by atoms with E-state index in [1.807, 2.05) is 0 Å². The van der Waals surface area contributed by atoms with Crippen LogP contribution in [0.4, 0.5) is 0 Å². The summed E-state index contributed by atoms with van der Waals surface area (Å²) in [6.45, 7) is 9.48. The molecule has 0 saturated heterocycles. The first-order valence-electron chi connectivity index (χ1n) is 7.87. The summed E-state index contributed by atoms with van der Waals surface area (Å²) in [6, 6.07) is 13.7. The molecule has 2 rings (SSSR count). The molecular weight excluding hydrogens is 366 g/mol. The number of ether oxygens (including phenoxy) is 2. The maximum Gasteiger partial charge on any atom is 0.133 e. The molecule has 24 heavy (non-hydrogen) atoms. The van der Waals surface area contributed by atoms with E-state index in [1.165, 1.54) is 11.1 Å². The average molecular weight is 388 g/mol. The lowest BCUT2D eigenvalue weighted by molar-refractivity contribution is 0.213. The van der Waals surface area contributed by atoms with Gasteiger partial charge in [-0.1, -0.05) is 32.9 Å². The third kappa shape index (κ3) is 4.75. The Labute approximate surface area is 152 Å². The van der Waals surface area contributed by atoms with Crippen molar-refractivity contribution >= 4 is 15.9 Å². The second-order valence-electron chi connectivity index (χ2n) is 6.70. The number of benzene rings is 2. The van der Waals surface area contributed by atoms with Gasteiger partial charge in [-0.2, -0.15) is 5.26 Å². The first kappa shape index (κ1) is 18.4. The van der Waals surface area contributed by atoms with E-state index in [2.05, 4.69) is 67.9 Å². The molecule has 0 saturated carbocycles. The van der Waals surface area contributed by atoms with Crippen molar-refractivity contribution in [2.75, 3.05) is 13.2 Å². The van der Waals surface area contributed by atoms with Crippen LogP contribution >= 0.6 is 15.9 Å². The summed E-state index contributed by atoms with van der Waals surface area (Å²) in [4.78, 5) is 0. The van der Waals surface area contributed by atoms with Crippen molar-refractivity contribution in [1.82, 2.24) is 0 Å². The van der Waals surface area contributed by atoms with Gasteiger partial charge in [-0.25, -0.2) is 0 Å². The monoisotopic (exact) mass is 387 g/mol. The summed E-state index contributed by atoms with van der Waals surface area (Å²) in [7, 11) is 0. The lowest BCUT2D eigenvalue weighted by Gasteiger charge is -2.23. The quantitative estimate of drug-likeness (QED) is 0.646. The van der Waals surface area contributed by atoms with E-state index < -0.39 is 0 Å². The van der Waals surface area contributed by atoms with E-state index in [9.17, 15) is 0 Å². The highest BCUT2D eigenvalue weighted by Gasteiger charge is 2.19. The van der Waals surface area contributed by atoms with Crippen LogP contribution in [0.5, 0.6) is 11.5 Å². The van der Waals surface area contributed by atoms with Crippen molar-refractivity contribution in [3.63, 3.8) is 0 Å². The Morgan fingerprint density at radius 2 is 1.67 bits per heavy atom. The molecule has 0 atom stereocenters. The van der Waals surface area contributed by atoms with Gasteiger partial charge in [-0.05, 0) is 63.7 Å². The summed E-state index contributed by atoms with van der Waals surface area (Å²) >= 11 is 3.42. The smallest absolute Gasteiger partial charge is 0.133 e. The van der Waals surface area contributed by atoms with E-state index in [4.69, 9.17) is 14.7 Å². The Hall–Kier alpha value is -1.99. The zero-order chi connectivity index (χ0) is 17.7. The van der Waals surface area contributed by atoms with Gasteiger partial charge in [0.25, 0.3) is 0 Å². The van der Waals surface area contributed by atoms with Gasteiger partial charge >= 0.3 is 0 Å². The van der Waals surface area contributed by atoms with Crippen LogP contribution < -0.4 is 9.47 Å². The molecule has 0 spiro atoms. The van der Waals surface area contributed by atoms with Crippen LogP contribution in [0.1, 0.15) is 37.5 Å². The van der Waals surface area contributed by atoms with Crippen molar-refractivity contribution < 1.29 is 9.47 Å². The predicted octanol–water partition coefficient (Wildman–Crippen LogP) is 5.38. The maximum absolute atomic E-state index is 8.88. The van der Waals surface area contributed by atoms with Crippen LogP contribution in [0.25, 0.3) is 0 Å². The van der Waals surface area contributed by atoms with Gasteiger partial charge in [0, 0.05) is 0 Å². The molecule has 4 heteroatoms. The van der Waals surface area contributed by atoms with Gasteiger partial charge in [0.15, 0.2) is 0 Å². The standard InChI is InChI=1S/C20H22BrNO2/c1-14-5-7-16(20(2,3)4)19(11-14)24-10-9-23-18-8-6-15(13-22)12-17(18)21/h5-8,11-12H,9-10H2,1-4H3. The van der Waals surface area contributed by atoms with E-state index in [0.717, 1.165) is 10.2 Å². The highest BCUT2D eigenvalue weighted by atomic mass is 79.9. The largest absolute Gasteiger partial charge is 0.490 e. The zero-order valence-corrected chi connectivity index (χ0v) is 16.1. The molecule has 0 heterocycles. The summed E-state index contributed by atoms with van der Waals surface area (Å²) in [6.07, 6.45) is 0. The minimum Gasteiger partial charge on any atom is -0.490 e. The van der Waals surface area contributed by atoms with Gasteiger partial charge in [0.1, 0.15) is 24.7 Å². The predicted molar refractivity (Wildman–Crippen MR) is 99.7 cm³/mol. The number of rotatable bonds is 5. The molecule has 126 valence electrons. The molecule has 0 aliphatic heterocycles. The molecule has 0 aliphatic rings. The molecule has 0 amide bonds. The Morgan fingerprint density at radius 3 is 2.25 bits per heavy atom. The van der Waals surface area contributed by atoms with E-state index >= 15 is 0 Å². The number of nitriles is 1. The SMILES string of the molecule is Cc1ccc(C(C)(C)C)c(OCCOc2ccc(C#N)cc2Br)c1.